The molecule has 64 heavy (non-hydrogen) atoms. The smallest absolute Gasteiger partial charge is 0.301 e. The topological polar surface area (TPSA) is 211 Å². The highest BCUT2D eigenvalue weighted by Gasteiger charge is 2.46. The first-order valence-corrected chi connectivity index (χ1v) is 21.9. The predicted octanol–water partition coefficient (Wildman–Crippen LogP) is 4.26. The van der Waals surface area contributed by atoms with Crippen LogP contribution in [0.25, 0.3) is 22.2 Å². The van der Waals surface area contributed by atoms with E-state index in [1.807, 2.05) is 24.3 Å². The second-order valence-corrected chi connectivity index (χ2v) is 17.2. The van der Waals surface area contributed by atoms with E-state index in [1.54, 1.807) is 36.2 Å². The summed E-state index contributed by atoms with van der Waals surface area (Å²) in [6.45, 7) is 3.89. The molecule has 3 aliphatic heterocycles. The van der Waals surface area contributed by atoms with E-state index in [0.29, 0.717) is 49.2 Å². The number of anilines is 2. The van der Waals surface area contributed by atoms with Crippen LogP contribution in [0.2, 0.25) is 0 Å². The van der Waals surface area contributed by atoms with Crippen molar-refractivity contribution in [2.75, 3.05) is 56.0 Å². The number of H-pyrrole nitrogens is 1. The van der Waals surface area contributed by atoms with Gasteiger partial charge in [-0.3, -0.25) is 43.7 Å². The lowest BCUT2D eigenvalue weighted by Crippen LogP contribution is -2.54. The Kier molecular flexibility index (Phi) is 12.0. The highest BCUT2D eigenvalue weighted by atomic mass is 32.2. The molecule has 0 radical (unpaired) electrons. The summed E-state index contributed by atoms with van der Waals surface area (Å²) in [6, 6.07) is 14.6. The molecular formula is C44H42F2N8O9S. The first kappa shape index (κ1) is 43.6. The van der Waals surface area contributed by atoms with Gasteiger partial charge < -0.3 is 19.5 Å². The average molecular weight is 897 g/mol. The Morgan fingerprint density at radius 3 is 2.44 bits per heavy atom. The van der Waals surface area contributed by atoms with E-state index in [2.05, 4.69) is 24.9 Å². The number of aromatic nitrogens is 2. The number of nitrogens with zero attached hydrogens (tertiary/aromatic N) is 5. The summed E-state index contributed by atoms with van der Waals surface area (Å²) in [5.74, 6) is -5.85. The molecule has 332 valence electrons. The minimum Gasteiger partial charge on any atom is -0.493 e. The van der Waals surface area contributed by atoms with E-state index < -0.39 is 68.5 Å². The standard InChI is InChI=1S/C44H42F2N8O9S/c1-3-51(2)64(61,62)50-32-14-13-31(45)38(39(32)46)40(57)30-24-48-41-29(30)22-26(23-47-41)25-9-11-27(12-10-25)52-17-19-53(20-18-52)36(56)8-5-21-63-34-7-4-6-28-37(34)44(60)54(43(28)59)33-15-16-35(55)49-42(33)58/h4,6-7,9-14,22-24,33,50H,3,5,8,15-21H2,1-2H3,(H,47,48)(H,49,55,58). The zero-order valence-corrected chi connectivity index (χ0v) is 35.5. The number of hydrogen-bond acceptors (Lipinski definition) is 11. The molecular weight excluding hydrogens is 855 g/mol. The summed E-state index contributed by atoms with van der Waals surface area (Å²) in [5, 5.41) is 2.48. The zero-order valence-electron chi connectivity index (χ0n) is 34.7. The van der Waals surface area contributed by atoms with Crippen molar-refractivity contribution in [1.82, 2.24) is 29.4 Å². The molecule has 3 aliphatic rings. The lowest BCUT2D eigenvalue weighted by molar-refractivity contribution is -0.136. The van der Waals surface area contributed by atoms with Gasteiger partial charge >= 0.3 is 10.2 Å². The Morgan fingerprint density at radius 1 is 0.969 bits per heavy atom. The normalized spacial score (nSPS) is 16.7. The van der Waals surface area contributed by atoms with Crippen molar-refractivity contribution < 1.29 is 50.7 Å². The SMILES string of the molecule is CCN(C)S(=O)(=O)Nc1ccc(F)c(C(=O)c2c[nH]c3ncc(-c4ccc(N5CCN(C(=O)CCCOc6cccc7c6C(=O)N(C6CCC(=O)NC6=O)C7=O)CC5)cc4)cc23)c1F. The van der Waals surface area contributed by atoms with Gasteiger partial charge in [0.2, 0.25) is 23.5 Å². The number of imide groups is 2. The molecule has 3 N–H and O–H groups in total. The van der Waals surface area contributed by atoms with Gasteiger partial charge in [0.15, 0.2) is 5.82 Å². The second kappa shape index (κ2) is 17.6. The molecule has 5 aromatic rings. The van der Waals surface area contributed by atoms with Crippen LogP contribution in [0.3, 0.4) is 0 Å². The number of piperidine rings is 1. The molecule has 1 atom stereocenters. The molecule has 5 heterocycles. The third-order valence-electron chi connectivity index (χ3n) is 11.6. The van der Waals surface area contributed by atoms with Gasteiger partial charge in [-0.1, -0.05) is 25.1 Å². The Balaban J connectivity index is 0.854. The van der Waals surface area contributed by atoms with Gasteiger partial charge in [0, 0.05) is 87.2 Å². The van der Waals surface area contributed by atoms with Crippen molar-refractivity contribution in [3.8, 4) is 16.9 Å². The summed E-state index contributed by atoms with van der Waals surface area (Å²) < 4.78 is 64.6. The summed E-state index contributed by atoms with van der Waals surface area (Å²) in [7, 11) is -2.87. The maximum Gasteiger partial charge on any atom is 0.301 e. The number of carbonyl (C=O) groups is 6. The second-order valence-electron chi connectivity index (χ2n) is 15.4. The van der Waals surface area contributed by atoms with Crippen LogP contribution in [0, 0.1) is 11.6 Å². The van der Waals surface area contributed by atoms with Crippen LogP contribution in [0.4, 0.5) is 20.2 Å². The fraction of sp³-hybridized carbons (Fsp3) is 0.295. The molecule has 1 unspecified atom stereocenters. The van der Waals surface area contributed by atoms with Gasteiger partial charge in [0.1, 0.15) is 23.3 Å². The molecule has 0 bridgehead atoms. The van der Waals surface area contributed by atoms with Crippen molar-refractivity contribution in [2.24, 2.45) is 0 Å². The van der Waals surface area contributed by atoms with E-state index in [0.717, 1.165) is 32.6 Å². The predicted molar refractivity (Wildman–Crippen MR) is 229 cm³/mol. The fourth-order valence-electron chi connectivity index (χ4n) is 7.96. The van der Waals surface area contributed by atoms with Crippen molar-refractivity contribution in [2.45, 2.75) is 38.6 Å². The third kappa shape index (κ3) is 8.28. The van der Waals surface area contributed by atoms with Crippen LogP contribution in [0.15, 0.2) is 73.1 Å². The largest absolute Gasteiger partial charge is 0.493 e. The molecule has 0 saturated carbocycles. The molecule has 2 saturated heterocycles. The quantitative estimate of drug-likeness (QED) is 0.0815. The number of carbonyl (C=O) groups excluding carboxylic acids is 6. The first-order valence-electron chi connectivity index (χ1n) is 20.5. The number of nitrogens with one attached hydrogen (secondary N) is 3. The van der Waals surface area contributed by atoms with E-state index >= 15 is 8.78 Å². The monoisotopic (exact) mass is 896 g/mol. The third-order valence-corrected chi connectivity index (χ3v) is 13.2. The van der Waals surface area contributed by atoms with Crippen LogP contribution in [-0.2, 0) is 24.6 Å². The molecule has 20 heteroatoms. The summed E-state index contributed by atoms with van der Waals surface area (Å²) in [5.41, 5.74) is 1.22. The molecule has 2 fully saturated rings. The number of rotatable bonds is 14. The number of benzene rings is 3. The molecule has 5 amide bonds. The number of halogens is 2. The molecule has 3 aromatic carbocycles. The van der Waals surface area contributed by atoms with Gasteiger partial charge in [-0.2, -0.15) is 12.7 Å². The maximum atomic E-state index is 15.6. The number of ketones is 1. The summed E-state index contributed by atoms with van der Waals surface area (Å²) in [4.78, 5) is 89.4. The summed E-state index contributed by atoms with van der Waals surface area (Å²) in [6.07, 6.45) is 3.50. The van der Waals surface area contributed by atoms with E-state index in [-0.39, 0.29) is 60.8 Å². The lowest BCUT2D eigenvalue weighted by atomic mass is 9.99. The molecule has 0 aliphatic carbocycles. The molecule has 0 spiro atoms. The number of aromatic amines is 1. The Bertz CT molecular complexity index is 2850. The fourth-order valence-corrected chi connectivity index (χ4v) is 8.89. The highest BCUT2D eigenvalue weighted by Crippen LogP contribution is 2.35. The van der Waals surface area contributed by atoms with Gasteiger partial charge in [0.05, 0.1) is 29.0 Å². The van der Waals surface area contributed by atoms with Gasteiger partial charge in [0.25, 0.3) is 11.8 Å². The van der Waals surface area contributed by atoms with Crippen LogP contribution in [0.5, 0.6) is 5.75 Å². The summed E-state index contributed by atoms with van der Waals surface area (Å²) >= 11 is 0. The number of ether oxygens (including phenoxy) is 1. The van der Waals surface area contributed by atoms with Gasteiger partial charge in [-0.15, -0.1) is 0 Å². The number of piperazine rings is 1. The van der Waals surface area contributed by atoms with Gasteiger partial charge in [-0.25, -0.2) is 13.8 Å². The van der Waals surface area contributed by atoms with Crippen molar-refractivity contribution in [3.63, 3.8) is 0 Å². The Hall–Kier alpha value is -7.06. The van der Waals surface area contributed by atoms with Crippen LogP contribution in [0.1, 0.15) is 69.2 Å². The first-order chi connectivity index (χ1) is 30.7. The van der Waals surface area contributed by atoms with Crippen molar-refractivity contribution in [3.05, 3.63) is 107 Å². The minimum absolute atomic E-state index is 0.00971. The molecule has 2 aromatic heterocycles. The van der Waals surface area contributed by atoms with Crippen LogP contribution in [-0.4, -0.2) is 120 Å². The van der Waals surface area contributed by atoms with E-state index in [1.165, 1.54) is 19.3 Å². The lowest BCUT2D eigenvalue weighted by Gasteiger charge is -2.36. The minimum atomic E-state index is -4.16. The van der Waals surface area contributed by atoms with Crippen LogP contribution >= 0.6 is 0 Å². The van der Waals surface area contributed by atoms with Gasteiger partial charge in [-0.05, 0) is 60.9 Å². The number of fused-ring (bicyclic) bond motifs is 2. The highest BCUT2D eigenvalue weighted by molar-refractivity contribution is 7.90. The Morgan fingerprint density at radius 2 is 1.72 bits per heavy atom. The molecule has 8 rings (SSSR count). The molecule has 17 nitrogen and oxygen atoms in total. The zero-order chi connectivity index (χ0) is 45.4. The maximum absolute atomic E-state index is 15.6. The van der Waals surface area contributed by atoms with Crippen LogP contribution < -0.4 is 19.7 Å². The van der Waals surface area contributed by atoms with E-state index in [9.17, 15) is 37.2 Å². The number of hydrogen-bond donors (Lipinski definition) is 3. The number of amides is 5. The number of pyridine rings is 1. The van der Waals surface area contributed by atoms with Crippen molar-refractivity contribution in [1.29, 1.82) is 0 Å². The van der Waals surface area contributed by atoms with Crippen molar-refractivity contribution >= 4 is 67.9 Å². The average Bonchev–Trinajstić information content (AvgIpc) is 3.83. The Labute approximate surface area is 365 Å². The van der Waals surface area contributed by atoms with E-state index in [4.69, 9.17) is 4.74 Å².